The molecule has 0 aliphatic rings. The zero-order valence-electron chi connectivity index (χ0n) is 11.9. The number of hydrogen-bond acceptors (Lipinski definition) is 4. The van der Waals surface area contributed by atoms with Crippen LogP contribution in [0.1, 0.15) is 5.56 Å². The van der Waals surface area contributed by atoms with Crippen LogP contribution in [0.25, 0.3) is 0 Å². The maximum atomic E-state index is 11.7. The largest absolute Gasteiger partial charge is 0.389 e. The van der Waals surface area contributed by atoms with Crippen LogP contribution in [0.3, 0.4) is 0 Å². The van der Waals surface area contributed by atoms with Crippen molar-refractivity contribution in [1.29, 1.82) is 5.26 Å². The van der Waals surface area contributed by atoms with E-state index in [1.807, 2.05) is 30.3 Å². The molecule has 0 spiro atoms. The number of nitriles is 1. The molecule has 0 aromatic heterocycles. The molecule has 0 saturated carbocycles. The molecule has 1 rings (SSSR count). The summed E-state index contributed by atoms with van der Waals surface area (Å²) in [7, 11) is 1.55. The van der Waals surface area contributed by atoms with E-state index in [0.717, 1.165) is 10.9 Å². The van der Waals surface area contributed by atoms with E-state index in [0.29, 0.717) is 19.7 Å². The van der Waals surface area contributed by atoms with Crippen molar-refractivity contribution in [3.05, 3.63) is 46.1 Å². The Morgan fingerprint density at radius 2 is 2.19 bits per heavy atom. The van der Waals surface area contributed by atoms with Crippen LogP contribution in [0.5, 0.6) is 0 Å². The zero-order chi connectivity index (χ0) is 15.5. The smallest absolute Gasteiger partial charge is 0.263 e. The minimum absolute atomic E-state index is 0.0539. The second-order valence-electron chi connectivity index (χ2n) is 4.21. The van der Waals surface area contributed by atoms with E-state index in [9.17, 15) is 4.79 Å². The lowest BCUT2D eigenvalue weighted by molar-refractivity contribution is -0.117. The van der Waals surface area contributed by atoms with Gasteiger partial charge in [-0.2, -0.15) is 5.26 Å². The van der Waals surface area contributed by atoms with Crippen LogP contribution >= 0.6 is 15.9 Å². The van der Waals surface area contributed by atoms with Crippen molar-refractivity contribution < 1.29 is 9.53 Å². The van der Waals surface area contributed by atoms with Crippen LogP contribution in [-0.2, 0) is 16.0 Å². The molecule has 6 heteroatoms. The second-order valence-corrected chi connectivity index (χ2v) is 5.07. The third kappa shape index (κ3) is 6.43. The van der Waals surface area contributed by atoms with Gasteiger partial charge in [0.15, 0.2) is 0 Å². The van der Waals surface area contributed by atoms with Gasteiger partial charge in [0.1, 0.15) is 11.6 Å². The Morgan fingerprint density at radius 3 is 2.86 bits per heavy atom. The maximum absolute atomic E-state index is 11.7. The number of nitrogens with one attached hydrogen (secondary N) is 2. The second kappa shape index (κ2) is 9.97. The molecular weight excluding hydrogens is 334 g/mol. The highest BCUT2D eigenvalue weighted by molar-refractivity contribution is 9.10. The van der Waals surface area contributed by atoms with E-state index in [1.165, 1.54) is 11.8 Å². The summed E-state index contributed by atoms with van der Waals surface area (Å²) in [5, 5.41) is 14.5. The fourth-order valence-electron chi connectivity index (χ4n) is 1.59. The lowest BCUT2D eigenvalue weighted by Gasteiger charge is -2.06. The Labute approximate surface area is 133 Å². The summed E-state index contributed by atoms with van der Waals surface area (Å²) in [5.74, 6) is -0.400. The molecule has 0 bridgehead atoms. The van der Waals surface area contributed by atoms with Crippen LogP contribution in [0, 0.1) is 11.3 Å². The van der Waals surface area contributed by atoms with E-state index in [2.05, 4.69) is 26.6 Å². The molecule has 0 saturated heterocycles. The lowest BCUT2D eigenvalue weighted by Crippen LogP contribution is -2.28. The molecular formula is C15H18BrN3O2. The van der Waals surface area contributed by atoms with Crippen molar-refractivity contribution in [1.82, 2.24) is 10.6 Å². The van der Waals surface area contributed by atoms with Crippen molar-refractivity contribution in [3.63, 3.8) is 0 Å². The van der Waals surface area contributed by atoms with Gasteiger partial charge in [-0.1, -0.05) is 34.1 Å². The van der Waals surface area contributed by atoms with Gasteiger partial charge in [0.2, 0.25) is 0 Å². The minimum Gasteiger partial charge on any atom is -0.389 e. The van der Waals surface area contributed by atoms with Crippen LogP contribution < -0.4 is 10.6 Å². The average Bonchev–Trinajstić information content (AvgIpc) is 2.49. The van der Waals surface area contributed by atoms with E-state index in [1.54, 1.807) is 7.11 Å². The third-order valence-electron chi connectivity index (χ3n) is 2.70. The molecule has 1 amide bonds. The number of amides is 1. The number of benzene rings is 1. The van der Waals surface area contributed by atoms with E-state index >= 15 is 0 Å². The summed E-state index contributed by atoms with van der Waals surface area (Å²) in [4.78, 5) is 11.7. The highest BCUT2D eigenvalue weighted by atomic mass is 79.9. The van der Waals surface area contributed by atoms with Crippen LogP contribution in [0.2, 0.25) is 0 Å². The minimum atomic E-state index is -0.400. The summed E-state index contributed by atoms with van der Waals surface area (Å²) in [6.07, 6.45) is 2.24. The monoisotopic (exact) mass is 351 g/mol. The van der Waals surface area contributed by atoms with Gasteiger partial charge in [-0.3, -0.25) is 4.79 Å². The number of ether oxygens (including phenoxy) is 1. The number of halogens is 1. The van der Waals surface area contributed by atoms with Gasteiger partial charge in [0.05, 0.1) is 6.61 Å². The van der Waals surface area contributed by atoms with Gasteiger partial charge in [0.25, 0.3) is 5.91 Å². The predicted molar refractivity (Wildman–Crippen MR) is 84.4 cm³/mol. The summed E-state index contributed by atoms with van der Waals surface area (Å²) in [6, 6.07) is 9.81. The van der Waals surface area contributed by atoms with Gasteiger partial charge in [-0.25, -0.2) is 0 Å². The van der Waals surface area contributed by atoms with Crippen molar-refractivity contribution >= 4 is 21.8 Å². The Balaban J connectivity index is 2.41. The summed E-state index contributed by atoms with van der Waals surface area (Å²) in [5.41, 5.74) is 1.22. The normalized spacial score (nSPS) is 10.8. The molecule has 0 heterocycles. The first-order chi connectivity index (χ1) is 10.2. The molecule has 0 atom stereocenters. The van der Waals surface area contributed by atoms with Crippen molar-refractivity contribution in [2.24, 2.45) is 0 Å². The SMILES string of the molecule is COCCNC(=O)/C(C#N)=C\NCCc1ccccc1Br. The van der Waals surface area contributed by atoms with Crippen LogP contribution in [0.15, 0.2) is 40.5 Å². The molecule has 0 fully saturated rings. The highest BCUT2D eigenvalue weighted by Crippen LogP contribution is 2.15. The van der Waals surface area contributed by atoms with Gasteiger partial charge in [-0.05, 0) is 18.1 Å². The van der Waals surface area contributed by atoms with E-state index in [4.69, 9.17) is 10.00 Å². The Kier molecular flexibility index (Phi) is 8.17. The molecule has 2 N–H and O–H groups in total. The van der Waals surface area contributed by atoms with Crippen molar-refractivity contribution in [3.8, 4) is 6.07 Å². The highest BCUT2D eigenvalue weighted by Gasteiger charge is 2.07. The first kappa shape index (κ1) is 17.2. The Hall–Kier alpha value is -1.84. The van der Waals surface area contributed by atoms with Gasteiger partial charge in [0, 0.05) is 30.9 Å². The summed E-state index contributed by atoms with van der Waals surface area (Å²) < 4.78 is 5.88. The topological polar surface area (TPSA) is 74.1 Å². The van der Waals surface area contributed by atoms with Gasteiger partial charge in [-0.15, -0.1) is 0 Å². The first-order valence-electron chi connectivity index (χ1n) is 6.53. The molecule has 0 unspecified atom stereocenters. The number of carbonyl (C=O) groups is 1. The summed E-state index contributed by atoms with van der Waals surface area (Å²) >= 11 is 3.48. The van der Waals surface area contributed by atoms with Gasteiger partial charge < -0.3 is 15.4 Å². The Bertz CT molecular complexity index is 538. The van der Waals surface area contributed by atoms with Gasteiger partial charge >= 0.3 is 0 Å². The molecule has 0 radical (unpaired) electrons. The summed E-state index contributed by atoms with van der Waals surface area (Å²) in [6.45, 7) is 1.43. The molecule has 5 nitrogen and oxygen atoms in total. The number of nitrogens with zero attached hydrogens (tertiary/aromatic N) is 1. The van der Waals surface area contributed by atoms with Crippen LogP contribution in [-0.4, -0.2) is 32.7 Å². The van der Waals surface area contributed by atoms with Crippen LogP contribution in [0.4, 0.5) is 0 Å². The first-order valence-corrected chi connectivity index (χ1v) is 7.32. The molecule has 1 aromatic rings. The quantitative estimate of drug-likeness (QED) is 0.425. The fraction of sp³-hybridized carbons (Fsp3) is 0.333. The van der Waals surface area contributed by atoms with E-state index < -0.39 is 5.91 Å². The number of hydrogen-bond donors (Lipinski definition) is 2. The number of rotatable bonds is 8. The third-order valence-corrected chi connectivity index (χ3v) is 3.47. The molecule has 0 aliphatic heterocycles. The molecule has 1 aromatic carbocycles. The fourth-order valence-corrected chi connectivity index (χ4v) is 2.08. The van der Waals surface area contributed by atoms with Crippen molar-refractivity contribution in [2.75, 3.05) is 26.8 Å². The number of carbonyl (C=O) groups excluding carboxylic acids is 1. The van der Waals surface area contributed by atoms with Crippen molar-refractivity contribution in [2.45, 2.75) is 6.42 Å². The Morgan fingerprint density at radius 1 is 1.43 bits per heavy atom. The standard InChI is InChI=1S/C15H18BrN3O2/c1-21-9-8-19-15(20)13(10-17)11-18-7-6-12-4-2-3-5-14(12)16/h2-5,11,18H,6-9H2,1H3,(H,19,20)/b13-11-. The van der Waals surface area contributed by atoms with E-state index in [-0.39, 0.29) is 5.57 Å². The maximum Gasteiger partial charge on any atom is 0.263 e. The predicted octanol–water partition coefficient (Wildman–Crippen LogP) is 1.75. The molecule has 112 valence electrons. The molecule has 21 heavy (non-hydrogen) atoms. The number of methoxy groups -OCH3 is 1. The molecule has 0 aliphatic carbocycles. The lowest BCUT2D eigenvalue weighted by atomic mass is 10.1. The zero-order valence-corrected chi connectivity index (χ0v) is 13.4. The average molecular weight is 352 g/mol.